The second kappa shape index (κ2) is 12.0. The van der Waals surface area contributed by atoms with Gasteiger partial charge in [-0.25, -0.2) is 0 Å². The Kier molecular flexibility index (Phi) is 6.89. The third-order valence-corrected chi connectivity index (χ3v) is 10.3. The predicted octanol–water partition coefficient (Wildman–Crippen LogP) is 14.2. The van der Waals surface area contributed by atoms with Crippen LogP contribution in [0.25, 0.3) is 99.1 Å². The highest BCUT2D eigenvalue weighted by molar-refractivity contribution is 6.25. The van der Waals surface area contributed by atoms with Gasteiger partial charge < -0.3 is 4.42 Å². The maximum atomic E-state index is 6.70. The maximum absolute atomic E-state index is 6.70. The van der Waals surface area contributed by atoms with E-state index in [0.29, 0.717) is 0 Å². The molecule has 0 saturated heterocycles. The summed E-state index contributed by atoms with van der Waals surface area (Å²) in [7, 11) is 0. The van der Waals surface area contributed by atoms with Crippen molar-refractivity contribution in [2.75, 3.05) is 0 Å². The number of hydrogen-bond donors (Lipinski definition) is 0. The van der Waals surface area contributed by atoms with Crippen LogP contribution >= 0.6 is 0 Å². The van der Waals surface area contributed by atoms with E-state index in [2.05, 4.69) is 188 Å². The molecule has 0 bridgehead atoms. The van der Waals surface area contributed by atoms with Gasteiger partial charge in [0.15, 0.2) is 0 Å². The highest BCUT2D eigenvalue weighted by Crippen LogP contribution is 2.49. The Morgan fingerprint density at radius 3 is 1.45 bits per heavy atom. The largest absolute Gasteiger partial charge is 0.455 e. The highest BCUT2D eigenvalue weighted by atomic mass is 16.3. The summed E-state index contributed by atoms with van der Waals surface area (Å²) in [5.74, 6) is 0. The summed E-state index contributed by atoms with van der Waals surface area (Å²) in [4.78, 5) is 0. The molecule has 9 aromatic carbocycles. The van der Waals surface area contributed by atoms with E-state index in [0.717, 1.165) is 27.5 Å². The van der Waals surface area contributed by atoms with Crippen molar-refractivity contribution in [2.24, 2.45) is 0 Å². The predicted molar refractivity (Wildman–Crippen MR) is 216 cm³/mol. The fraction of sp³-hybridized carbons (Fsp3) is 0. The molecule has 0 atom stereocenters. The molecule has 0 N–H and O–H groups in total. The average molecular weight is 649 g/mol. The quantitative estimate of drug-likeness (QED) is 0.169. The molecule has 238 valence electrons. The molecule has 0 amide bonds. The van der Waals surface area contributed by atoms with E-state index >= 15 is 0 Å². The molecule has 10 rings (SSSR count). The zero-order valence-electron chi connectivity index (χ0n) is 27.9. The lowest BCUT2D eigenvalue weighted by molar-refractivity contribution is 0.670. The van der Waals surface area contributed by atoms with Crippen LogP contribution in [-0.2, 0) is 0 Å². The zero-order valence-corrected chi connectivity index (χ0v) is 27.9. The third kappa shape index (κ3) is 4.86. The van der Waals surface area contributed by atoms with Gasteiger partial charge in [-0.2, -0.15) is 0 Å². The third-order valence-electron chi connectivity index (χ3n) is 10.3. The maximum Gasteiger partial charge on any atom is 0.143 e. The first-order valence-corrected chi connectivity index (χ1v) is 17.5. The first-order valence-electron chi connectivity index (χ1n) is 17.5. The monoisotopic (exact) mass is 648 g/mol. The van der Waals surface area contributed by atoms with Crippen molar-refractivity contribution in [2.45, 2.75) is 0 Å². The first kappa shape index (κ1) is 29.2. The van der Waals surface area contributed by atoms with Crippen LogP contribution in [-0.4, -0.2) is 0 Å². The molecule has 1 heteroatoms. The Morgan fingerprint density at radius 2 is 0.725 bits per heavy atom. The second-order valence-electron chi connectivity index (χ2n) is 13.2. The average Bonchev–Trinajstić information content (AvgIpc) is 3.60. The Labute approximate surface area is 296 Å². The first-order chi connectivity index (χ1) is 25.3. The van der Waals surface area contributed by atoms with E-state index in [4.69, 9.17) is 4.42 Å². The van der Waals surface area contributed by atoms with Crippen molar-refractivity contribution in [3.8, 4) is 55.6 Å². The molecule has 0 radical (unpaired) electrons. The van der Waals surface area contributed by atoms with Gasteiger partial charge in [-0.1, -0.05) is 182 Å². The highest BCUT2D eigenvalue weighted by Gasteiger charge is 2.22. The Hall–Kier alpha value is -6.70. The number of rotatable bonds is 5. The minimum absolute atomic E-state index is 0.904. The van der Waals surface area contributed by atoms with Gasteiger partial charge in [0.25, 0.3) is 0 Å². The molecule has 0 aliphatic heterocycles. The van der Waals surface area contributed by atoms with Crippen LogP contribution in [0.2, 0.25) is 0 Å². The Balaban J connectivity index is 1.30. The van der Waals surface area contributed by atoms with Gasteiger partial charge in [-0.05, 0) is 78.2 Å². The SMILES string of the molecule is c1ccc(-c2ccc(-c3ccc4c(-c5ccccc5-c5ccccc5)c5ccccc5c(-c5cccc6c5oc5ccccc56)c4c3)cc2)cc1. The number of benzene rings is 9. The van der Waals surface area contributed by atoms with E-state index in [9.17, 15) is 0 Å². The van der Waals surface area contributed by atoms with Crippen LogP contribution in [0.5, 0.6) is 0 Å². The normalized spacial score (nSPS) is 11.5. The molecule has 0 aliphatic rings. The molecule has 0 aliphatic carbocycles. The number of fused-ring (bicyclic) bond motifs is 5. The summed E-state index contributed by atoms with van der Waals surface area (Å²) in [5, 5.41) is 7.10. The summed E-state index contributed by atoms with van der Waals surface area (Å²) in [5.41, 5.74) is 13.8. The lowest BCUT2D eigenvalue weighted by Crippen LogP contribution is -1.93. The molecule has 1 nitrogen and oxygen atoms in total. The zero-order chi connectivity index (χ0) is 33.7. The fourth-order valence-corrected chi connectivity index (χ4v) is 7.94. The molecule has 0 fully saturated rings. The van der Waals surface area contributed by atoms with Crippen molar-refractivity contribution >= 4 is 43.5 Å². The minimum Gasteiger partial charge on any atom is -0.455 e. The molecule has 0 saturated carbocycles. The lowest BCUT2D eigenvalue weighted by atomic mass is 9.82. The van der Waals surface area contributed by atoms with Crippen LogP contribution in [0.3, 0.4) is 0 Å². The summed E-state index contributed by atoms with van der Waals surface area (Å²) < 4.78 is 6.70. The fourth-order valence-electron chi connectivity index (χ4n) is 7.94. The van der Waals surface area contributed by atoms with E-state index in [1.807, 2.05) is 6.07 Å². The van der Waals surface area contributed by atoms with Crippen molar-refractivity contribution in [3.63, 3.8) is 0 Å². The molecule has 0 unspecified atom stereocenters. The van der Waals surface area contributed by atoms with Crippen LogP contribution < -0.4 is 0 Å². The van der Waals surface area contributed by atoms with Crippen LogP contribution in [0.1, 0.15) is 0 Å². The molecular formula is C50H32O. The summed E-state index contributed by atoms with van der Waals surface area (Å²) in [6.07, 6.45) is 0. The minimum atomic E-state index is 0.904. The van der Waals surface area contributed by atoms with E-state index in [1.54, 1.807) is 0 Å². The summed E-state index contributed by atoms with van der Waals surface area (Å²) in [6, 6.07) is 69.9. The topological polar surface area (TPSA) is 13.1 Å². The van der Waals surface area contributed by atoms with Crippen LogP contribution in [0.15, 0.2) is 199 Å². The standard InChI is InChI=1S/C50H32O/c1-3-14-33(15-4-1)34-26-28-35(29-27-34)37-30-31-43-46(32-37)49(45-24-13-23-44-39-19-11-12-25-47(39)51-50(44)45)42-22-10-9-21-41(42)48(43)40-20-8-7-18-38(40)36-16-5-2-6-17-36/h1-32H. The van der Waals surface area contributed by atoms with Crippen molar-refractivity contribution in [1.29, 1.82) is 0 Å². The van der Waals surface area contributed by atoms with Gasteiger partial charge in [0.05, 0.1) is 0 Å². The van der Waals surface area contributed by atoms with Crippen LogP contribution in [0.4, 0.5) is 0 Å². The van der Waals surface area contributed by atoms with Gasteiger partial charge in [0.2, 0.25) is 0 Å². The van der Waals surface area contributed by atoms with Crippen molar-refractivity contribution < 1.29 is 4.42 Å². The molecule has 51 heavy (non-hydrogen) atoms. The van der Waals surface area contributed by atoms with Gasteiger partial charge in [-0.3, -0.25) is 0 Å². The molecule has 1 heterocycles. The van der Waals surface area contributed by atoms with Crippen molar-refractivity contribution in [1.82, 2.24) is 0 Å². The molecule has 0 spiro atoms. The van der Waals surface area contributed by atoms with E-state index in [1.165, 1.54) is 71.6 Å². The van der Waals surface area contributed by atoms with Gasteiger partial charge in [0, 0.05) is 21.9 Å². The van der Waals surface area contributed by atoms with Crippen LogP contribution in [0, 0.1) is 0 Å². The number of hydrogen-bond acceptors (Lipinski definition) is 1. The Bertz CT molecular complexity index is 2880. The van der Waals surface area contributed by atoms with Gasteiger partial charge in [-0.15, -0.1) is 0 Å². The van der Waals surface area contributed by atoms with Gasteiger partial charge >= 0.3 is 0 Å². The molecular weight excluding hydrogens is 617 g/mol. The summed E-state index contributed by atoms with van der Waals surface area (Å²) >= 11 is 0. The molecule has 10 aromatic rings. The second-order valence-corrected chi connectivity index (χ2v) is 13.2. The smallest absolute Gasteiger partial charge is 0.143 e. The van der Waals surface area contributed by atoms with Crippen molar-refractivity contribution in [3.05, 3.63) is 194 Å². The van der Waals surface area contributed by atoms with E-state index in [-0.39, 0.29) is 0 Å². The van der Waals surface area contributed by atoms with E-state index < -0.39 is 0 Å². The number of para-hydroxylation sites is 2. The summed E-state index contributed by atoms with van der Waals surface area (Å²) in [6.45, 7) is 0. The van der Waals surface area contributed by atoms with Gasteiger partial charge in [0.1, 0.15) is 11.2 Å². The lowest BCUT2D eigenvalue weighted by Gasteiger charge is -2.20. The Morgan fingerprint density at radius 1 is 0.255 bits per heavy atom. The molecule has 1 aromatic heterocycles. The number of furan rings is 1.